The summed E-state index contributed by atoms with van der Waals surface area (Å²) in [7, 11) is 1.78. The molecule has 1 amide bonds. The largest absolute Gasteiger partial charge is 0.481 e. The molecule has 1 atom stereocenters. The second-order valence-corrected chi connectivity index (χ2v) is 11.1. The molecule has 2 aromatic heterocycles. The van der Waals surface area contributed by atoms with Crippen LogP contribution in [-0.2, 0) is 18.3 Å². The average Bonchev–Trinajstić information content (AvgIpc) is 3.48. The topological polar surface area (TPSA) is 159 Å². The molecule has 7 rings (SSSR count). The minimum absolute atomic E-state index is 0.0340. The van der Waals surface area contributed by atoms with Gasteiger partial charge in [-0.3, -0.25) is 14.3 Å². The molecule has 198 valence electrons. The van der Waals surface area contributed by atoms with E-state index >= 15 is 0 Å². The SMILES string of the molecule is Cn1nc2c(C(=O)NCC34CCC(C(=O)O)(CC3)CC4)ncnc2c1NC1CCc2cc(C(=O)O)ccc21. The number of carbonyl (C=O) groups is 3. The van der Waals surface area contributed by atoms with Crippen molar-refractivity contribution >= 4 is 34.7 Å². The fourth-order valence-corrected chi connectivity index (χ4v) is 6.59. The van der Waals surface area contributed by atoms with Gasteiger partial charge in [0, 0.05) is 13.6 Å². The molecule has 4 aliphatic carbocycles. The molecule has 3 aromatic rings. The van der Waals surface area contributed by atoms with Crippen molar-refractivity contribution < 1.29 is 24.6 Å². The van der Waals surface area contributed by atoms with E-state index in [1.807, 2.05) is 6.07 Å². The predicted octanol–water partition coefficient (Wildman–Crippen LogP) is 3.32. The number of aromatic carboxylic acids is 1. The Hall–Kier alpha value is -4.02. The number of amides is 1. The summed E-state index contributed by atoms with van der Waals surface area (Å²) in [4.78, 5) is 45.0. The molecule has 3 fully saturated rings. The first-order valence-electron chi connectivity index (χ1n) is 13.0. The van der Waals surface area contributed by atoms with Crippen LogP contribution in [0, 0.1) is 10.8 Å². The number of aromatic nitrogens is 4. The van der Waals surface area contributed by atoms with Crippen LogP contribution in [0.3, 0.4) is 0 Å². The third kappa shape index (κ3) is 3.88. The van der Waals surface area contributed by atoms with Gasteiger partial charge in [-0.05, 0) is 80.0 Å². The highest BCUT2D eigenvalue weighted by atomic mass is 16.4. The molecule has 0 saturated heterocycles. The van der Waals surface area contributed by atoms with E-state index in [-0.39, 0.29) is 28.6 Å². The van der Waals surface area contributed by atoms with Gasteiger partial charge in [-0.15, -0.1) is 0 Å². The molecule has 0 aliphatic heterocycles. The first-order valence-corrected chi connectivity index (χ1v) is 13.0. The van der Waals surface area contributed by atoms with E-state index < -0.39 is 17.4 Å². The summed E-state index contributed by atoms with van der Waals surface area (Å²) in [5.41, 5.74) is 2.84. The minimum atomic E-state index is -0.940. The summed E-state index contributed by atoms with van der Waals surface area (Å²) in [5.74, 6) is -1.28. The second kappa shape index (κ2) is 8.78. The molecule has 38 heavy (non-hydrogen) atoms. The van der Waals surface area contributed by atoms with Gasteiger partial charge in [-0.1, -0.05) is 6.07 Å². The van der Waals surface area contributed by atoms with Crippen molar-refractivity contribution in [2.24, 2.45) is 17.9 Å². The maximum Gasteiger partial charge on any atom is 0.335 e. The number of fused-ring (bicyclic) bond motifs is 5. The molecule has 3 saturated carbocycles. The van der Waals surface area contributed by atoms with Crippen LogP contribution in [0.2, 0.25) is 0 Å². The molecular formula is C27H30N6O5. The van der Waals surface area contributed by atoms with Crippen molar-refractivity contribution in [3.05, 3.63) is 46.9 Å². The highest BCUT2D eigenvalue weighted by molar-refractivity contribution is 6.05. The van der Waals surface area contributed by atoms with E-state index in [1.54, 1.807) is 23.9 Å². The maximum absolute atomic E-state index is 13.2. The third-order valence-corrected chi connectivity index (χ3v) is 9.09. The fourth-order valence-electron chi connectivity index (χ4n) is 6.59. The molecule has 4 N–H and O–H groups in total. The Morgan fingerprint density at radius 1 is 1.05 bits per heavy atom. The van der Waals surface area contributed by atoms with Gasteiger partial charge in [0.1, 0.15) is 17.4 Å². The predicted molar refractivity (Wildman–Crippen MR) is 137 cm³/mol. The lowest BCUT2D eigenvalue weighted by Gasteiger charge is -2.51. The van der Waals surface area contributed by atoms with Crippen LogP contribution < -0.4 is 10.6 Å². The maximum atomic E-state index is 13.2. The number of aliphatic carboxylic acids is 1. The summed E-state index contributed by atoms with van der Waals surface area (Å²) in [5, 5.41) is 30.1. The Morgan fingerprint density at radius 3 is 2.47 bits per heavy atom. The molecule has 1 aromatic carbocycles. The molecule has 11 heteroatoms. The molecule has 4 aliphatic rings. The summed E-state index contributed by atoms with van der Waals surface area (Å²) in [6.45, 7) is 0.488. The van der Waals surface area contributed by atoms with Gasteiger partial charge in [0.25, 0.3) is 5.91 Å². The lowest BCUT2D eigenvalue weighted by Crippen LogP contribution is -2.50. The summed E-state index contributed by atoms with van der Waals surface area (Å²) < 4.78 is 1.66. The quantitative estimate of drug-likeness (QED) is 0.368. The van der Waals surface area contributed by atoms with Gasteiger partial charge in [0.2, 0.25) is 0 Å². The molecule has 0 radical (unpaired) electrons. The van der Waals surface area contributed by atoms with Gasteiger partial charge >= 0.3 is 11.9 Å². The van der Waals surface area contributed by atoms with Gasteiger partial charge in [-0.25, -0.2) is 14.8 Å². The molecule has 1 unspecified atom stereocenters. The van der Waals surface area contributed by atoms with E-state index in [1.165, 1.54) is 6.33 Å². The fraction of sp³-hybridized carbons (Fsp3) is 0.481. The van der Waals surface area contributed by atoms with Crippen LogP contribution in [0.1, 0.15) is 83.0 Å². The number of hydrogen-bond donors (Lipinski definition) is 4. The minimum Gasteiger partial charge on any atom is -0.481 e. The number of carboxylic acids is 2. The van der Waals surface area contributed by atoms with Crippen LogP contribution in [0.25, 0.3) is 11.0 Å². The van der Waals surface area contributed by atoms with Crippen molar-refractivity contribution in [1.29, 1.82) is 0 Å². The summed E-state index contributed by atoms with van der Waals surface area (Å²) >= 11 is 0. The average molecular weight is 519 g/mol. The zero-order valence-corrected chi connectivity index (χ0v) is 21.2. The lowest BCUT2D eigenvalue weighted by molar-refractivity contribution is -0.158. The zero-order chi connectivity index (χ0) is 26.7. The van der Waals surface area contributed by atoms with Crippen LogP contribution in [-0.4, -0.2) is 54.4 Å². The van der Waals surface area contributed by atoms with Crippen LogP contribution >= 0.6 is 0 Å². The van der Waals surface area contributed by atoms with Gasteiger partial charge in [-0.2, -0.15) is 5.10 Å². The normalized spacial score (nSPS) is 25.8. The zero-order valence-electron chi connectivity index (χ0n) is 21.2. The van der Waals surface area contributed by atoms with E-state index in [4.69, 9.17) is 0 Å². The van der Waals surface area contributed by atoms with Crippen LogP contribution in [0.4, 0.5) is 5.82 Å². The monoisotopic (exact) mass is 518 g/mol. The van der Waals surface area contributed by atoms with Crippen LogP contribution in [0.15, 0.2) is 24.5 Å². The van der Waals surface area contributed by atoms with Crippen LogP contribution in [0.5, 0.6) is 0 Å². The number of carboxylic acid groups (broad SMARTS) is 2. The van der Waals surface area contributed by atoms with E-state index in [9.17, 15) is 24.6 Å². The number of aryl methyl sites for hydroxylation is 2. The highest BCUT2D eigenvalue weighted by Gasteiger charge is 2.52. The smallest absolute Gasteiger partial charge is 0.335 e. The van der Waals surface area contributed by atoms with Gasteiger partial charge in [0.15, 0.2) is 11.5 Å². The molecule has 11 nitrogen and oxygen atoms in total. The number of anilines is 1. The number of rotatable bonds is 7. The molecule has 2 bridgehead atoms. The van der Waals surface area contributed by atoms with Gasteiger partial charge in [0.05, 0.1) is 17.0 Å². The number of nitrogens with zero attached hydrogens (tertiary/aromatic N) is 4. The number of hydrogen-bond acceptors (Lipinski definition) is 7. The molecule has 0 spiro atoms. The Bertz CT molecular complexity index is 1460. The molecule has 2 heterocycles. The standard InChI is InChI=1S/C27H30N6O5/c1-33-22(31-18-5-3-15-12-16(24(35)36)2-4-17(15)18)20-19(32-33)21(30-14-29-20)23(34)28-13-26-6-9-27(10-7-26,11-8-26)25(37)38/h2,4,12,14,18,31H,3,5-11,13H2,1H3,(H,28,34)(H,35,36)(H,37,38). The van der Waals surface area contributed by atoms with Crippen molar-refractivity contribution in [1.82, 2.24) is 25.1 Å². The Kier molecular flexibility index (Phi) is 5.62. The van der Waals surface area contributed by atoms with Crippen molar-refractivity contribution in [3.63, 3.8) is 0 Å². The Balaban J connectivity index is 1.19. The van der Waals surface area contributed by atoms with E-state index in [0.29, 0.717) is 42.7 Å². The van der Waals surface area contributed by atoms with E-state index in [0.717, 1.165) is 43.2 Å². The third-order valence-electron chi connectivity index (χ3n) is 9.09. The number of nitrogens with one attached hydrogen (secondary N) is 2. The van der Waals surface area contributed by atoms with Crippen molar-refractivity contribution in [2.45, 2.75) is 57.4 Å². The van der Waals surface area contributed by atoms with Crippen molar-refractivity contribution in [3.8, 4) is 0 Å². The lowest BCUT2D eigenvalue weighted by atomic mass is 9.53. The first-order chi connectivity index (χ1) is 18.2. The van der Waals surface area contributed by atoms with Crippen molar-refractivity contribution in [2.75, 3.05) is 11.9 Å². The Morgan fingerprint density at radius 2 is 1.79 bits per heavy atom. The number of carbonyl (C=O) groups excluding carboxylic acids is 1. The highest BCUT2D eigenvalue weighted by Crippen LogP contribution is 2.56. The van der Waals surface area contributed by atoms with E-state index in [2.05, 4.69) is 25.7 Å². The summed E-state index contributed by atoms with van der Waals surface area (Å²) in [6, 6.07) is 5.16. The second-order valence-electron chi connectivity index (χ2n) is 11.1. The summed E-state index contributed by atoms with van der Waals surface area (Å²) in [6.07, 6.45) is 7.31. The first kappa shape index (κ1) is 24.3. The van der Waals surface area contributed by atoms with Gasteiger partial charge < -0.3 is 20.8 Å². The molecular weight excluding hydrogens is 488 g/mol. The number of benzene rings is 1. The Labute approximate surface area is 218 Å².